The fourth-order valence-electron chi connectivity index (χ4n) is 3.34. The molecule has 0 spiro atoms. The van der Waals surface area contributed by atoms with Crippen LogP contribution in [0.4, 0.5) is 17.6 Å². The van der Waals surface area contributed by atoms with Gasteiger partial charge in [0, 0.05) is 11.6 Å². The first-order valence-electron chi connectivity index (χ1n) is 9.23. The molecule has 0 aliphatic heterocycles. The zero-order valence-corrected chi connectivity index (χ0v) is 22.6. The molecule has 3 aromatic carbocycles. The molecule has 0 aromatic heterocycles. The number of benzene rings is 2. The summed E-state index contributed by atoms with van der Waals surface area (Å²) >= 11 is 1.36. The summed E-state index contributed by atoms with van der Waals surface area (Å²) in [6, 6.07) is 10.5. The van der Waals surface area contributed by atoms with Crippen molar-refractivity contribution in [1.82, 2.24) is 0 Å². The van der Waals surface area contributed by atoms with Gasteiger partial charge in [0.15, 0.2) is 17.5 Å². The third kappa shape index (κ3) is 6.23. The Hall–Kier alpha value is -1.65. The van der Waals surface area contributed by atoms with E-state index in [-0.39, 0.29) is 20.4 Å². The van der Waals surface area contributed by atoms with E-state index in [0.717, 1.165) is 5.39 Å². The molecule has 0 N–H and O–H groups in total. The van der Waals surface area contributed by atoms with Crippen LogP contribution in [0.3, 0.4) is 0 Å². The number of hydrogen-bond acceptors (Lipinski definition) is 0. The van der Waals surface area contributed by atoms with E-state index in [0.29, 0.717) is 17.4 Å². The standard InChI is InChI=1S/C15H7F4.C9H13.2CH3.Si.Zr/c16-11-7-12(17)14(18)15(19)13(11)10-6-5-8-3-1-2-4-9(8)10;1-6-5-7(2)9(4)8(6)3;;;;/h1-7H;6H,1-4H3;2*1H3;;/q4*-1;;. The topological polar surface area (TPSA) is 0 Å². The monoisotopic (exact) mass is 532 g/mol. The predicted octanol–water partition coefficient (Wildman–Crippen LogP) is 8.02. The molecule has 1 unspecified atom stereocenters. The van der Waals surface area contributed by atoms with Gasteiger partial charge in [0.05, 0.1) is 0 Å². The molecule has 170 valence electrons. The van der Waals surface area contributed by atoms with E-state index in [1.807, 2.05) is 0 Å². The van der Waals surface area contributed by atoms with Gasteiger partial charge in [0.25, 0.3) is 0 Å². The van der Waals surface area contributed by atoms with Crippen LogP contribution in [0.15, 0.2) is 59.2 Å². The summed E-state index contributed by atoms with van der Waals surface area (Å²) in [5.74, 6) is -5.26. The minimum atomic E-state index is -1.67. The maximum absolute atomic E-state index is 13.8. The molecule has 4 rings (SSSR count). The van der Waals surface area contributed by atoms with Crippen LogP contribution in [0.1, 0.15) is 27.7 Å². The van der Waals surface area contributed by atoms with E-state index in [1.165, 1.54) is 46.1 Å². The second kappa shape index (κ2) is 13.2. The molecule has 1 aliphatic rings. The van der Waals surface area contributed by atoms with Crippen LogP contribution < -0.4 is 0 Å². The fourth-order valence-corrected chi connectivity index (χ4v) is 3.34. The second-order valence-electron chi connectivity index (χ2n) is 6.98. The number of hydrogen-bond donors (Lipinski definition) is 0. The Kier molecular flexibility index (Phi) is 12.5. The zero-order valence-electron chi connectivity index (χ0n) is 19.1. The molecule has 0 fully saturated rings. The molecule has 0 bridgehead atoms. The molecule has 0 saturated carbocycles. The summed E-state index contributed by atoms with van der Waals surface area (Å²) in [4.78, 5) is 0. The molecular formula is C26H26F4SiZr-4. The van der Waals surface area contributed by atoms with Crippen molar-refractivity contribution in [1.29, 1.82) is 0 Å². The molecule has 1 atom stereocenters. The Balaban J connectivity index is 0.000000632. The first-order chi connectivity index (χ1) is 14.2. The van der Waals surface area contributed by atoms with Crippen LogP contribution >= 0.6 is 0 Å². The van der Waals surface area contributed by atoms with Gasteiger partial charge in [0.2, 0.25) is 0 Å². The van der Waals surface area contributed by atoms with Crippen LogP contribution in [0.25, 0.3) is 21.9 Å². The molecule has 3 aromatic rings. The Morgan fingerprint density at radius 1 is 0.938 bits per heavy atom. The van der Waals surface area contributed by atoms with Crippen LogP contribution in [0.5, 0.6) is 0 Å². The summed E-state index contributed by atoms with van der Waals surface area (Å²) in [6.07, 6.45) is 3.36. The fraction of sp³-hybridized carbons (Fsp3) is 0.192. The van der Waals surface area contributed by atoms with Crippen LogP contribution in [-0.2, 0) is 23.3 Å². The van der Waals surface area contributed by atoms with Crippen molar-refractivity contribution < 1.29 is 40.9 Å². The summed E-state index contributed by atoms with van der Waals surface area (Å²) in [6.45, 7) is 11.7. The number of fused-ring (bicyclic) bond motifs is 1. The van der Waals surface area contributed by atoms with Gasteiger partial charge in [-0.1, -0.05) is 32.8 Å². The van der Waals surface area contributed by atoms with Crippen molar-refractivity contribution in [2.24, 2.45) is 5.92 Å². The van der Waals surface area contributed by atoms with Gasteiger partial charge in [0.1, 0.15) is 5.82 Å². The van der Waals surface area contributed by atoms with E-state index >= 15 is 0 Å². The Bertz CT molecular complexity index is 1130. The SMILES string of the molecule is CC1=[C-]C(C)C(C)=C1C.Fc1cc(F)c(-c2c[cH-]c3ccccc23)c(F)c1F.[CH3-].[CH3-].[Si]=[Zr]. The van der Waals surface area contributed by atoms with Crippen molar-refractivity contribution in [3.05, 3.63) is 103 Å². The van der Waals surface area contributed by atoms with Crippen LogP contribution in [0.2, 0.25) is 0 Å². The van der Waals surface area contributed by atoms with E-state index < -0.39 is 28.8 Å². The van der Waals surface area contributed by atoms with Gasteiger partial charge in [-0.2, -0.15) is 11.1 Å². The summed E-state index contributed by atoms with van der Waals surface area (Å²) in [7, 11) is 0. The van der Waals surface area contributed by atoms with Crippen molar-refractivity contribution in [3.63, 3.8) is 0 Å². The van der Waals surface area contributed by atoms with Gasteiger partial charge in [-0.05, 0) is 0 Å². The van der Waals surface area contributed by atoms with Crippen molar-refractivity contribution >= 4 is 17.7 Å². The van der Waals surface area contributed by atoms with Crippen molar-refractivity contribution in [2.45, 2.75) is 27.7 Å². The molecule has 2 radical (unpaired) electrons. The first kappa shape index (κ1) is 30.4. The van der Waals surface area contributed by atoms with E-state index in [1.54, 1.807) is 30.3 Å². The average Bonchev–Trinajstić information content (AvgIpc) is 3.25. The van der Waals surface area contributed by atoms with E-state index in [4.69, 9.17) is 0 Å². The maximum atomic E-state index is 13.8. The minimum absolute atomic E-state index is 0. The Morgan fingerprint density at radius 2 is 1.53 bits per heavy atom. The first-order valence-corrected chi connectivity index (χ1v) is 13.4. The Morgan fingerprint density at radius 3 is 2.03 bits per heavy atom. The second-order valence-corrected chi connectivity index (χ2v) is 6.98. The normalized spacial score (nSPS) is 14.3. The van der Waals surface area contributed by atoms with Crippen LogP contribution in [-0.4, -0.2) is 6.88 Å². The summed E-state index contributed by atoms with van der Waals surface area (Å²) in [5, 5.41) is 1.37. The number of rotatable bonds is 1. The third-order valence-corrected chi connectivity index (χ3v) is 5.30. The molecule has 0 saturated heterocycles. The van der Waals surface area contributed by atoms with Crippen molar-refractivity contribution in [2.75, 3.05) is 0 Å². The van der Waals surface area contributed by atoms with Gasteiger partial charge in [-0.25, -0.2) is 23.1 Å². The molecule has 32 heavy (non-hydrogen) atoms. The number of halogens is 4. The van der Waals surface area contributed by atoms with E-state index in [2.05, 4.69) is 40.7 Å². The molecule has 0 heterocycles. The van der Waals surface area contributed by atoms with Gasteiger partial charge in [-0.15, -0.1) is 53.6 Å². The van der Waals surface area contributed by atoms with Gasteiger partial charge < -0.3 is 14.9 Å². The third-order valence-electron chi connectivity index (χ3n) is 5.30. The average molecular weight is 534 g/mol. The number of allylic oxidation sites excluding steroid dienone is 4. The summed E-state index contributed by atoms with van der Waals surface area (Å²) in [5.41, 5.74) is 3.92. The summed E-state index contributed by atoms with van der Waals surface area (Å²) < 4.78 is 53.7. The quantitative estimate of drug-likeness (QED) is 0.0977. The van der Waals surface area contributed by atoms with Crippen LogP contribution in [0, 0.1) is 50.1 Å². The Labute approximate surface area is 206 Å². The van der Waals surface area contributed by atoms with Gasteiger partial charge >= 0.3 is 30.2 Å². The molecule has 0 nitrogen and oxygen atoms in total. The molecule has 0 amide bonds. The van der Waals surface area contributed by atoms with E-state index in [9.17, 15) is 17.6 Å². The predicted molar refractivity (Wildman–Crippen MR) is 123 cm³/mol. The molecule has 6 heteroatoms. The molecule has 1 aliphatic carbocycles. The van der Waals surface area contributed by atoms with Crippen molar-refractivity contribution in [3.8, 4) is 11.1 Å². The zero-order chi connectivity index (χ0) is 22.6. The van der Waals surface area contributed by atoms with Gasteiger partial charge in [-0.3, -0.25) is 6.08 Å². The molecular weight excluding hydrogens is 508 g/mol.